The van der Waals surface area contributed by atoms with Crippen LogP contribution in [0.4, 0.5) is 0 Å². The summed E-state index contributed by atoms with van der Waals surface area (Å²) >= 11 is 0. The molecule has 2 aliphatic heterocycles. The minimum atomic E-state index is -0.364. The van der Waals surface area contributed by atoms with Crippen molar-refractivity contribution in [3.05, 3.63) is 0 Å². The van der Waals surface area contributed by atoms with E-state index >= 15 is 0 Å². The predicted octanol–water partition coefficient (Wildman–Crippen LogP) is 1.13. The van der Waals surface area contributed by atoms with Crippen LogP contribution in [0.15, 0.2) is 0 Å². The number of likely N-dealkylation sites (tertiary alicyclic amines) is 1. The Hall–Kier alpha value is -0.650. The lowest BCUT2D eigenvalue weighted by Crippen LogP contribution is -2.55. The summed E-state index contributed by atoms with van der Waals surface area (Å²) in [6, 6.07) is -0.0991. The van der Waals surface area contributed by atoms with Gasteiger partial charge in [-0.3, -0.25) is 9.69 Å². The molecule has 19 heavy (non-hydrogen) atoms. The summed E-state index contributed by atoms with van der Waals surface area (Å²) in [5.41, 5.74) is -0.181. The van der Waals surface area contributed by atoms with Crippen molar-refractivity contribution in [3.63, 3.8) is 0 Å². The molecule has 110 valence electrons. The quantitative estimate of drug-likeness (QED) is 0.817. The molecular weight excluding hydrogens is 244 g/mol. The second kappa shape index (κ2) is 5.38. The Kier molecular flexibility index (Phi) is 4.18. The molecule has 1 atom stereocenters. The van der Waals surface area contributed by atoms with Crippen molar-refractivity contribution in [2.75, 3.05) is 26.3 Å². The molecule has 2 saturated heterocycles. The van der Waals surface area contributed by atoms with Crippen LogP contribution in [0.3, 0.4) is 0 Å². The fourth-order valence-corrected chi connectivity index (χ4v) is 2.68. The lowest BCUT2D eigenvalue weighted by atomic mass is 10.0. The van der Waals surface area contributed by atoms with Crippen molar-refractivity contribution in [1.82, 2.24) is 10.2 Å². The molecule has 0 bridgehead atoms. The Labute approximate surface area is 115 Å². The van der Waals surface area contributed by atoms with E-state index in [4.69, 9.17) is 9.47 Å². The van der Waals surface area contributed by atoms with E-state index < -0.39 is 0 Å². The minimum Gasteiger partial charge on any atom is -0.350 e. The molecule has 0 aliphatic carbocycles. The molecule has 5 heteroatoms. The van der Waals surface area contributed by atoms with Crippen LogP contribution in [0, 0.1) is 0 Å². The molecule has 2 fully saturated rings. The van der Waals surface area contributed by atoms with Crippen LogP contribution in [-0.4, -0.2) is 54.5 Å². The Morgan fingerprint density at radius 2 is 1.74 bits per heavy atom. The van der Waals surface area contributed by atoms with Gasteiger partial charge < -0.3 is 14.8 Å². The smallest absolute Gasteiger partial charge is 0.237 e. The lowest BCUT2D eigenvalue weighted by molar-refractivity contribution is -0.188. The molecule has 0 aromatic heterocycles. The molecule has 2 aliphatic rings. The van der Waals surface area contributed by atoms with Crippen LogP contribution >= 0.6 is 0 Å². The van der Waals surface area contributed by atoms with Gasteiger partial charge in [-0.2, -0.15) is 0 Å². The fraction of sp³-hybridized carbons (Fsp3) is 0.929. The maximum Gasteiger partial charge on any atom is 0.237 e. The second-order valence-electron chi connectivity index (χ2n) is 6.56. The van der Waals surface area contributed by atoms with Gasteiger partial charge >= 0.3 is 0 Å². The van der Waals surface area contributed by atoms with Gasteiger partial charge in [0.05, 0.1) is 19.3 Å². The standard InChI is InChI=1S/C14H26N2O3/c1-11(12(17)15-13(2,3)4)16-7-5-14(6-8-16)18-9-10-19-14/h11H,5-10H2,1-4H3,(H,15,17)/t11-/m0/s1. The summed E-state index contributed by atoms with van der Waals surface area (Å²) in [5.74, 6) is -0.270. The predicted molar refractivity (Wildman–Crippen MR) is 72.8 cm³/mol. The van der Waals surface area contributed by atoms with Gasteiger partial charge in [-0.25, -0.2) is 0 Å². The van der Waals surface area contributed by atoms with Gasteiger partial charge in [0.15, 0.2) is 5.79 Å². The molecule has 1 N–H and O–H groups in total. The average molecular weight is 270 g/mol. The van der Waals surface area contributed by atoms with Gasteiger partial charge in [-0.05, 0) is 27.7 Å². The molecule has 2 heterocycles. The number of nitrogens with zero attached hydrogens (tertiary/aromatic N) is 1. The zero-order valence-electron chi connectivity index (χ0n) is 12.5. The second-order valence-corrected chi connectivity index (χ2v) is 6.56. The van der Waals surface area contributed by atoms with Gasteiger partial charge in [-0.1, -0.05) is 0 Å². The molecule has 0 aromatic rings. The third-order valence-electron chi connectivity index (χ3n) is 3.80. The first-order valence-corrected chi connectivity index (χ1v) is 7.15. The van der Waals surface area contributed by atoms with Crippen molar-refractivity contribution in [1.29, 1.82) is 0 Å². The number of ether oxygens (including phenoxy) is 2. The average Bonchev–Trinajstić information content (AvgIpc) is 2.75. The highest BCUT2D eigenvalue weighted by Crippen LogP contribution is 2.31. The van der Waals surface area contributed by atoms with Crippen molar-refractivity contribution in [3.8, 4) is 0 Å². The first-order valence-electron chi connectivity index (χ1n) is 7.15. The van der Waals surface area contributed by atoms with E-state index in [0.717, 1.165) is 25.9 Å². The maximum absolute atomic E-state index is 12.2. The molecule has 1 amide bonds. The number of hydrogen-bond donors (Lipinski definition) is 1. The van der Waals surface area contributed by atoms with E-state index in [-0.39, 0.29) is 23.3 Å². The van der Waals surface area contributed by atoms with E-state index in [9.17, 15) is 4.79 Å². The molecule has 2 rings (SSSR count). The van der Waals surface area contributed by atoms with Gasteiger partial charge in [0, 0.05) is 31.5 Å². The van der Waals surface area contributed by atoms with Crippen molar-refractivity contribution >= 4 is 5.91 Å². The monoisotopic (exact) mass is 270 g/mol. The number of nitrogens with one attached hydrogen (secondary N) is 1. The van der Waals surface area contributed by atoms with Gasteiger partial charge in [0.1, 0.15) is 0 Å². The number of amides is 1. The Balaban J connectivity index is 1.85. The number of rotatable bonds is 2. The highest BCUT2D eigenvalue weighted by atomic mass is 16.7. The minimum absolute atomic E-state index is 0.0942. The summed E-state index contributed by atoms with van der Waals surface area (Å²) < 4.78 is 11.4. The third-order valence-corrected chi connectivity index (χ3v) is 3.80. The van der Waals surface area contributed by atoms with Gasteiger partial charge in [0.25, 0.3) is 0 Å². The third kappa shape index (κ3) is 3.68. The largest absolute Gasteiger partial charge is 0.350 e. The van der Waals surface area contributed by atoms with Crippen molar-refractivity contribution < 1.29 is 14.3 Å². The maximum atomic E-state index is 12.2. The van der Waals surface area contributed by atoms with Crippen LogP contribution in [0.2, 0.25) is 0 Å². The van der Waals surface area contributed by atoms with E-state index in [1.54, 1.807) is 0 Å². The normalized spacial score (nSPS) is 25.5. The molecule has 0 aromatic carbocycles. The summed E-state index contributed by atoms with van der Waals surface area (Å²) in [7, 11) is 0. The van der Waals surface area contributed by atoms with Gasteiger partial charge in [-0.15, -0.1) is 0 Å². The van der Waals surface area contributed by atoms with Crippen LogP contribution in [0.1, 0.15) is 40.5 Å². The molecule has 1 spiro atoms. The first kappa shape index (κ1) is 14.8. The topological polar surface area (TPSA) is 50.8 Å². The van der Waals surface area contributed by atoms with E-state index in [1.165, 1.54) is 0 Å². The zero-order valence-corrected chi connectivity index (χ0v) is 12.5. The summed E-state index contributed by atoms with van der Waals surface area (Å²) in [6.45, 7) is 11.1. The fourth-order valence-electron chi connectivity index (χ4n) is 2.68. The number of piperidine rings is 1. The summed E-state index contributed by atoms with van der Waals surface area (Å²) in [6.07, 6.45) is 1.69. The molecule has 0 radical (unpaired) electrons. The molecular formula is C14H26N2O3. The first-order chi connectivity index (χ1) is 8.81. The van der Waals surface area contributed by atoms with E-state index in [1.807, 2.05) is 27.7 Å². The number of hydrogen-bond acceptors (Lipinski definition) is 4. The zero-order chi connectivity index (χ0) is 14.1. The molecule has 0 saturated carbocycles. The summed E-state index contributed by atoms with van der Waals surface area (Å²) in [4.78, 5) is 14.4. The van der Waals surface area contributed by atoms with Crippen molar-refractivity contribution in [2.45, 2.75) is 57.9 Å². The molecule has 0 unspecified atom stereocenters. The highest BCUT2D eigenvalue weighted by Gasteiger charge is 2.41. The van der Waals surface area contributed by atoms with Gasteiger partial charge in [0.2, 0.25) is 5.91 Å². The van der Waals surface area contributed by atoms with Crippen LogP contribution in [0.25, 0.3) is 0 Å². The van der Waals surface area contributed by atoms with Crippen molar-refractivity contribution in [2.24, 2.45) is 0 Å². The Morgan fingerprint density at radius 3 is 2.21 bits per heavy atom. The highest BCUT2D eigenvalue weighted by molar-refractivity contribution is 5.81. The Morgan fingerprint density at radius 1 is 1.21 bits per heavy atom. The van der Waals surface area contributed by atoms with Crippen LogP contribution < -0.4 is 5.32 Å². The lowest BCUT2D eigenvalue weighted by Gasteiger charge is -2.40. The molecule has 5 nitrogen and oxygen atoms in total. The SMILES string of the molecule is C[C@@H](C(=O)NC(C)(C)C)N1CCC2(CC1)OCCO2. The van der Waals surface area contributed by atoms with E-state index in [2.05, 4.69) is 10.2 Å². The van der Waals surface area contributed by atoms with Crippen LogP contribution in [-0.2, 0) is 14.3 Å². The number of carbonyl (C=O) groups excluding carboxylic acids is 1. The number of carbonyl (C=O) groups is 1. The summed E-state index contributed by atoms with van der Waals surface area (Å²) in [5, 5.41) is 3.03. The van der Waals surface area contributed by atoms with Crippen LogP contribution in [0.5, 0.6) is 0 Å². The Bertz CT molecular complexity index is 322. The van der Waals surface area contributed by atoms with E-state index in [0.29, 0.717) is 13.2 Å².